The molecule has 0 aromatic carbocycles. The van der Waals surface area contributed by atoms with E-state index < -0.39 is 54.6 Å². The van der Waals surface area contributed by atoms with Crippen LogP contribution in [0.5, 0.6) is 0 Å². The van der Waals surface area contributed by atoms with Gasteiger partial charge in [-0.2, -0.15) is 8.42 Å². The van der Waals surface area contributed by atoms with E-state index in [0.29, 0.717) is 0 Å². The van der Waals surface area contributed by atoms with Crippen molar-refractivity contribution in [2.24, 2.45) is 0 Å². The Hall–Kier alpha value is 0.350. The molecule has 25 heavy (non-hydrogen) atoms. The number of aliphatic hydroxyl groups is 1. The fraction of sp³-hybridized carbons (Fsp3) is 0.500. The third-order valence-electron chi connectivity index (χ3n) is 1.29. The molecule has 0 aliphatic heterocycles. The van der Waals surface area contributed by atoms with E-state index in [-0.39, 0.29) is 59.1 Å². The number of carbonyl (C=O) groups is 3. The van der Waals surface area contributed by atoms with Gasteiger partial charge in [0.15, 0.2) is 5.60 Å². The van der Waals surface area contributed by atoms with Gasteiger partial charge in [-0.25, -0.2) is 4.79 Å². The van der Waals surface area contributed by atoms with E-state index >= 15 is 0 Å². The van der Waals surface area contributed by atoms with Crippen molar-refractivity contribution in [2.75, 3.05) is 0 Å². The van der Waals surface area contributed by atoms with Gasteiger partial charge in [-0.3, -0.25) is 18.7 Å². The van der Waals surface area contributed by atoms with E-state index in [4.69, 9.17) is 57.2 Å². The normalized spacial score (nSPS) is 10.3. The summed E-state index contributed by atoms with van der Waals surface area (Å²) in [5.41, 5.74) is -2.74. The Balaban J connectivity index is -0.0000000933. The standard InChI is InChI=1S/C6H8O7.2Na.H3O4P.H2O4S/c7-3(8)1-6(13,5(11)12)2-4(9)10;;;2*1-5(2,3)4/h13H,1-2H2,(H,7,8)(H,9,10)(H,11,12);;;(H3,1,2,3,4);(H2,1,2,3,4)/q;2*+1;;/p-2. The van der Waals surface area contributed by atoms with Crippen molar-refractivity contribution in [2.45, 2.75) is 18.4 Å². The Morgan fingerprint density at radius 2 is 1.08 bits per heavy atom. The van der Waals surface area contributed by atoms with Gasteiger partial charge in [0.2, 0.25) is 0 Å². The van der Waals surface area contributed by atoms with Crippen LogP contribution in [-0.2, 0) is 29.3 Å². The first kappa shape index (κ1) is 36.3. The maximum Gasteiger partial charge on any atom is 1.00 e. The van der Waals surface area contributed by atoms with Crippen LogP contribution in [0.3, 0.4) is 0 Å². The number of aliphatic carboxylic acids is 3. The van der Waals surface area contributed by atoms with Gasteiger partial charge in [0.05, 0.1) is 20.7 Å². The van der Waals surface area contributed by atoms with E-state index in [1.807, 2.05) is 0 Å². The SMILES string of the molecule is O=C(O)CC(O)(CC(=O)O)C(=O)O.O=P([O-])([O-])O.O=S(=O)(O)O.[Na+].[Na+]. The quantitative estimate of drug-likeness (QED) is 0.120. The number of carboxylic acid groups (broad SMARTS) is 3. The van der Waals surface area contributed by atoms with Gasteiger partial charge in [0.25, 0.3) is 0 Å². The summed E-state index contributed by atoms with van der Waals surface area (Å²) in [5.74, 6) is -5.02. The van der Waals surface area contributed by atoms with Gasteiger partial charge in [-0.15, -0.1) is 0 Å². The maximum absolute atomic E-state index is 10.3. The molecule has 0 aromatic rings. The summed E-state index contributed by atoms with van der Waals surface area (Å²) < 4.78 is 40.2. The third kappa shape index (κ3) is 45.5. The molecule has 0 aliphatic rings. The smallest absolute Gasteiger partial charge is 0.790 e. The van der Waals surface area contributed by atoms with Crippen molar-refractivity contribution in [1.29, 1.82) is 0 Å². The van der Waals surface area contributed by atoms with Crippen LogP contribution in [0.15, 0.2) is 0 Å². The van der Waals surface area contributed by atoms with Crippen LogP contribution in [0, 0.1) is 0 Å². The molecule has 0 aliphatic carbocycles. The minimum absolute atomic E-state index is 0. The van der Waals surface area contributed by atoms with Crippen LogP contribution < -0.4 is 68.9 Å². The molecule has 0 saturated carbocycles. The molecule has 0 saturated heterocycles. The van der Waals surface area contributed by atoms with Crippen LogP contribution in [0.25, 0.3) is 0 Å². The molecular formula is C6H11Na2O15PS. The second-order valence-electron chi connectivity index (χ2n) is 3.39. The Bertz CT molecular complexity index is 534. The van der Waals surface area contributed by atoms with Crippen molar-refractivity contribution in [3.8, 4) is 0 Å². The van der Waals surface area contributed by atoms with Gasteiger partial charge < -0.3 is 39.7 Å². The van der Waals surface area contributed by atoms with E-state index in [1.54, 1.807) is 0 Å². The zero-order chi connectivity index (χ0) is 19.6. The molecule has 0 spiro atoms. The minimum Gasteiger partial charge on any atom is -0.790 e. The number of phosphoric acid groups is 1. The van der Waals surface area contributed by atoms with E-state index in [2.05, 4.69) is 0 Å². The van der Waals surface area contributed by atoms with Crippen molar-refractivity contribution >= 4 is 36.1 Å². The van der Waals surface area contributed by atoms with Crippen LogP contribution >= 0.6 is 7.82 Å². The largest absolute Gasteiger partial charge is 1.00 e. The van der Waals surface area contributed by atoms with E-state index in [0.717, 1.165) is 0 Å². The van der Waals surface area contributed by atoms with Crippen molar-refractivity contribution in [1.82, 2.24) is 0 Å². The summed E-state index contributed by atoms with van der Waals surface area (Å²) >= 11 is 0. The number of carboxylic acids is 3. The third-order valence-corrected chi connectivity index (χ3v) is 1.29. The molecule has 15 nitrogen and oxygen atoms in total. The Labute approximate surface area is 184 Å². The molecule has 0 radical (unpaired) electrons. The molecule has 0 aromatic heterocycles. The summed E-state index contributed by atoms with van der Waals surface area (Å²) in [7, 11) is -9.81. The molecule has 0 atom stereocenters. The van der Waals surface area contributed by atoms with Crippen LogP contribution in [0.4, 0.5) is 0 Å². The fourth-order valence-electron chi connectivity index (χ4n) is 0.714. The Kier molecular flexibility index (Phi) is 22.4. The molecule has 19 heteroatoms. The second kappa shape index (κ2) is 15.4. The molecule has 0 unspecified atom stereocenters. The maximum atomic E-state index is 10.3. The minimum atomic E-state index is -5.14. The van der Waals surface area contributed by atoms with Crippen molar-refractivity contribution < 1.29 is 131 Å². The molecule has 0 fully saturated rings. The molecule has 0 heterocycles. The molecule has 0 amide bonds. The summed E-state index contributed by atoms with van der Waals surface area (Å²) in [5, 5.41) is 33.8. The molecule has 0 bridgehead atoms. The van der Waals surface area contributed by atoms with E-state index in [1.165, 1.54) is 0 Å². The Morgan fingerprint density at radius 1 is 0.920 bits per heavy atom. The Morgan fingerprint density at radius 3 is 1.16 bits per heavy atom. The van der Waals surface area contributed by atoms with Gasteiger partial charge in [0.1, 0.15) is 0 Å². The van der Waals surface area contributed by atoms with Crippen LogP contribution in [0.1, 0.15) is 12.8 Å². The van der Waals surface area contributed by atoms with Crippen molar-refractivity contribution in [3.63, 3.8) is 0 Å². The number of hydrogen-bond acceptors (Lipinski definition) is 9. The molecule has 7 N–H and O–H groups in total. The molecule has 0 rings (SSSR count). The van der Waals surface area contributed by atoms with Crippen LogP contribution in [0.2, 0.25) is 0 Å². The first-order valence-corrected chi connectivity index (χ1v) is 7.51. The molecule has 138 valence electrons. The average Bonchev–Trinajstić information content (AvgIpc) is 2.07. The number of rotatable bonds is 5. The zero-order valence-corrected chi connectivity index (χ0v) is 18.4. The predicted octanol–water partition coefficient (Wildman–Crippen LogP) is -10.1. The van der Waals surface area contributed by atoms with Crippen molar-refractivity contribution in [3.05, 3.63) is 0 Å². The van der Waals surface area contributed by atoms with E-state index in [9.17, 15) is 14.4 Å². The van der Waals surface area contributed by atoms with Gasteiger partial charge in [-0.05, 0) is 0 Å². The van der Waals surface area contributed by atoms with Gasteiger partial charge >= 0.3 is 87.4 Å². The molecular weight excluding hydrogens is 421 g/mol. The monoisotopic (exact) mass is 432 g/mol. The van der Waals surface area contributed by atoms with Gasteiger partial charge in [0, 0.05) is 0 Å². The van der Waals surface area contributed by atoms with Gasteiger partial charge in [-0.1, -0.05) is 0 Å². The predicted molar refractivity (Wildman–Crippen MR) is 61.1 cm³/mol. The first-order chi connectivity index (χ1) is 9.78. The zero-order valence-electron chi connectivity index (χ0n) is 12.7. The first-order valence-electron chi connectivity index (χ1n) is 4.62. The summed E-state index contributed by atoms with van der Waals surface area (Å²) in [6, 6.07) is 0. The number of hydrogen-bond donors (Lipinski definition) is 7. The topological polar surface area (TPSA) is 290 Å². The summed E-state index contributed by atoms with van der Waals surface area (Å²) in [4.78, 5) is 54.8. The van der Waals surface area contributed by atoms with Crippen LogP contribution in [-0.4, -0.2) is 66.4 Å². The average molecular weight is 432 g/mol. The summed E-state index contributed by atoms with van der Waals surface area (Å²) in [6.07, 6.45) is -2.29. The summed E-state index contributed by atoms with van der Waals surface area (Å²) in [6.45, 7) is 0. The fourth-order valence-corrected chi connectivity index (χ4v) is 0.714. The second-order valence-corrected chi connectivity index (χ2v) is 5.23.